The molecule has 4 rings (SSSR count). The van der Waals surface area contributed by atoms with Crippen molar-refractivity contribution >= 4 is 40.1 Å². The van der Waals surface area contributed by atoms with E-state index in [0.29, 0.717) is 24.5 Å². The normalized spacial score (nSPS) is 23.6. The molecule has 1 spiro atoms. The first kappa shape index (κ1) is 15.2. The molecule has 24 heavy (non-hydrogen) atoms. The molecule has 7 heteroatoms. The average molecular weight is 345 g/mol. The Morgan fingerprint density at radius 1 is 1.33 bits per heavy atom. The number of nitrogens with zero attached hydrogens (tertiary/aromatic N) is 3. The summed E-state index contributed by atoms with van der Waals surface area (Å²) in [5, 5.41) is 4.54. The molecular formula is C17H17ClN4O2. The van der Waals surface area contributed by atoms with Crippen LogP contribution in [0.5, 0.6) is 0 Å². The second-order valence-electron chi connectivity index (χ2n) is 6.50. The summed E-state index contributed by atoms with van der Waals surface area (Å²) >= 11 is 6.20. The highest BCUT2D eigenvalue weighted by Gasteiger charge is 2.53. The van der Waals surface area contributed by atoms with Gasteiger partial charge in [0, 0.05) is 35.9 Å². The largest absolute Gasteiger partial charge is 0.368 e. The van der Waals surface area contributed by atoms with Gasteiger partial charge in [-0.25, -0.2) is 4.79 Å². The molecule has 2 aromatic rings. The van der Waals surface area contributed by atoms with Crippen molar-refractivity contribution in [3.8, 4) is 0 Å². The van der Waals surface area contributed by atoms with Gasteiger partial charge in [0.05, 0.1) is 12.1 Å². The minimum absolute atomic E-state index is 0.160. The molecular weight excluding hydrogens is 328 g/mol. The Kier molecular flexibility index (Phi) is 3.22. The van der Waals surface area contributed by atoms with Crippen LogP contribution in [0.2, 0.25) is 5.02 Å². The Morgan fingerprint density at radius 2 is 2.12 bits per heavy atom. The highest BCUT2D eigenvalue weighted by atomic mass is 35.5. The molecule has 0 aliphatic carbocycles. The molecule has 0 saturated carbocycles. The number of carbonyl (C=O) groups is 2. The van der Waals surface area contributed by atoms with Crippen LogP contribution in [-0.4, -0.2) is 47.5 Å². The topological polar surface area (TPSA) is 65.5 Å². The third-order valence-corrected chi connectivity index (χ3v) is 5.38. The number of imide groups is 1. The predicted molar refractivity (Wildman–Crippen MR) is 92.4 cm³/mol. The fraction of sp³-hybridized carbons (Fsp3) is 0.353. The van der Waals surface area contributed by atoms with Crippen LogP contribution in [0.3, 0.4) is 0 Å². The molecule has 1 N–H and O–H groups in total. The van der Waals surface area contributed by atoms with Crippen LogP contribution in [0.4, 0.5) is 10.5 Å². The maximum Gasteiger partial charge on any atom is 0.324 e. The molecule has 6 nitrogen and oxygen atoms in total. The van der Waals surface area contributed by atoms with Gasteiger partial charge in [-0.15, -0.1) is 0 Å². The highest BCUT2D eigenvalue weighted by molar-refractivity contribution is 6.32. The summed E-state index contributed by atoms with van der Waals surface area (Å²) in [6, 6.07) is 5.49. The van der Waals surface area contributed by atoms with Crippen LogP contribution in [0.25, 0.3) is 10.9 Å². The zero-order valence-electron chi connectivity index (χ0n) is 13.5. The summed E-state index contributed by atoms with van der Waals surface area (Å²) in [5.74, 6) is -0.160. The van der Waals surface area contributed by atoms with E-state index in [1.54, 1.807) is 6.20 Å². The Labute approximate surface area is 144 Å². The number of aromatic nitrogens is 1. The molecule has 3 heterocycles. The number of benzene rings is 1. The molecule has 0 radical (unpaired) electrons. The molecule has 1 unspecified atom stereocenters. The van der Waals surface area contributed by atoms with Crippen molar-refractivity contribution in [1.29, 1.82) is 0 Å². The molecule has 0 bridgehead atoms. The lowest BCUT2D eigenvalue weighted by molar-refractivity contribution is -0.129. The zero-order chi connectivity index (χ0) is 17.1. The van der Waals surface area contributed by atoms with Crippen molar-refractivity contribution in [3.05, 3.63) is 35.0 Å². The third-order valence-electron chi connectivity index (χ3n) is 4.97. The molecule has 2 fully saturated rings. The van der Waals surface area contributed by atoms with Gasteiger partial charge in [-0.1, -0.05) is 11.6 Å². The molecule has 1 atom stereocenters. The van der Waals surface area contributed by atoms with Gasteiger partial charge >= 0.3 is 6.03 Å². The summed E-state index contributed by atoms with van der Waals surface area (Å²) < 4.78 is 0. The minimum Gasteiger partial charge on any atom is -0.368 e. The SMILES string of the molecule is Cc1cc2c(N3CCC4(C3)NC(=O)N(C)C4=O)ccnc2cc1Cl. The number of hydrogen-bond acceptors (Lipinski definition) is 4. The highest BCUT2D eigenvalue weighted by Crippen LogP contribution is 2.35. The van der Waals surface area contributed by atoms with Gasteiger partial charge in [0.25, 0.3) is 5.91 Å². The van der Waals surface area contributed by atoms with Gasteiger partial charge in [0.2, 0.25) is 0 Å². The van der Waals surface area contributed by atoms with Gasteiger partial charge < -0.3 is 10.2 Å². The summed E-state index contributed by atoms with van der Waals surface area (Å²) in [5.41, 5.74) is 2.00. The number of pyridine rings is 1. The van der Waals surface area contributed by atoms with E-state index in [-0.39, 0.29) is 11.9 Å². The first-order valence-electron chi connectivity index (χ1n) is 7.81. The predicted octanol–water partition coefficient (Wildman–Crippen LogP) is 2.33. The van der Waals surface area contributed by atoms with Crippen molar-refractivity contribution in [2.24, 2.45) is 0 Å². The monoisotopic (exact) mass is 344 g/mol. The second kappa shape index (κ2) is 5.08. The number of urea groups is 1. The maximum atomic E-state index is 12.5. The van der Waals surface area contributed by atoms with Crippen LogP contribution in [0.1, 0.15) is 12.0 Å². The van der Waals surface area contributed by atoms with E-state index >= 15 is 0 Å². The Bertz CT molecular complexity index is 884. The van der Waals surface area contributed by atoms with Crippen molar-refractivity contribution in [2.75, 3.05) is 25.0 Å². The van der Waals surface area contributed by atoms with Crippen LogP contribution in [0.15, 0.2) is 24.4 Å². The van der Waals surface area contributed by atoms with E-state index < -0.39 is 5.54 Å². The Hall–Kier alpha value is -2.34. The molecule has 1 aromatic heterocycles. The number of carbonyl (C=O) groups excluding carboxylic acids is 2. The van der Waals surface area contributed by atoms with Crippen LogP contribution in [0, 0.1) is 6.92 Å². The van der Waals surface area contributed by atoms with E-state index in [9.17, 15) is 9.59 Å². The van der Waals surface area contributed by atoms with Crippen LogP contribution >= 0.6 is 11.6 Å². The smallest absolute Gasteiger partial charge is 0.324 e. The van der Waals surface area contributed by atoms with Gasteiger partial charge in [0.1, 0.15) is 5.54 Å². The summed E-state index contributed by atoms with van der Waals surface area (Å²) in [4.78, 5) is 32.0. The van der Waals surface area contributed by atoms with Crippen molar-refractivity contribution in [2.45, 2.75) is 18.9 Å². The Morgan fingerprint density at radius 3 is 2.83 bits per heavy atom. The van der Waals surface area contributed by atoms with Crippen molar-refractivity contribution < 1.29 is 9.59 Å². The van der Waals surface area contributed by atoms with Crippen LogP contribution in [-0.2, 0) is 4.79 Å². The number of halogens is 1. The number of fused-ring (bicyclic) bond motifs is 1. The quantitative estimate of drug-likeness (QED) is 0.806. The lowest BCUT2D eigenvalue weighted by Gasteiger charge is -2.24. The zero-order valence-corrected chi connectivity index (χ0v) is 14.2. The minimum atomic E-state index is -0.817. The van der Waals surface area contributed by atoms with E-state index in [2.05, 4.69) is 15.2 Å². The van der Waals surface area contributed by atoms with E-state index in [4.69, 9.17) is 11.6 Å². The van der Waals surface area contributed by atoms with E-state index in [1.165, 1.54) is 7.05 Å². The second-order valence-corrected chi connectivity index (χ2v) is 6.90. The third kappa shape index (κ3) is 2.06. The number of anilines is 1. The summed E-state index contributed by atoms with van der Waals surface area (Å²) in [7, 11) is 1.52. The van der Waals surface area contributed by atoms with Crippen molar-refractivity contribution in [1.82, 2.24) is 15.2 Å². The number of nitrogens with one attached hydrogen (secondary N) is 1. The molecule has 124 valence electrons. The number of likely N-dealkylation sites (N-methyl/N-ethyl adjacent to an activating group) is 1. The van der Waals surface area contributed by atoms with E-state index in [0.717, 1.165) is 27.1 Å². The lowest BCUT2D eigenvalue weighted by atomic mass is 9.99. The van der Waals surface area contributed by atoms with Gasteiger partial charge in [0.15, 0.2) is 0 Å². The molecule has 1 aromatic carbocycles. The Balaban J connectivity index is 1.74. The maximum absolute atomic E-state index is 12.5. The molecule has 2 aliphatic heterocycles. The fourth-order valence-electron chi connectivity index (χ4n) is 3.58. The summed E-state index contributed by atoms with van der Waals surface area (Å²) in [6.07, 6.45) is 2.34. The number of aryl methyl sites for hydroxylation is 1. The number of rotatable bonds is 1. The molecule has 2 saturated heterocycles. The lowest BCUT2D eigenvalue weighted by Crippen LogP contribution is -2.49. The first-order valence-corrected chi connectivity index (χ1v) is 8.19. The van der Waals surface area contributed by atoms with E-state index in [1.807, 2.05) is 25.1 Å². The van der Waals surface area contributed by atoms with Gasteiger partial charge in [-0.3, -0.25) is 14.7 Å². The summed E-state index contributed by atoms with van der Waals surface area (Å²) in [6.45, 7) is 3.11. The standard InChI is InChI=1S/C17H17ClN4O2/c1-10-7-11-13(8-12(10)18)19-5-3-14(11)22-6-4-17(9-22)15(23)21(2)16(24)20-17/h3,5,7-8H,4,6,9H2,1-2H3,(H,20,24). The number of hydrogen-bond donors (Lipinski definition) is 1. The van der Waals surface area contributed by atoms with Crippen molar-refractivity contribution in [3.63, 3.8) is 0 Å². The van der Waals surface area contributed by atoms with Gasteiger partial charge in [-0.05, 0) is 37.1 Å². The van der Waals surface area contributed by atoms with Crippen LogP contribution < -0.4 is 10.2 Å². The fourth-order valence-corrected chi connectivity index (χ4v) is 3.74. The number of amides is 3. The van der Waals surface area contributed by atoms with Gasteiger partial charge in [-0.2, -0.15) is 0 Å². The molecule has 2 aliphatic rings. The molecule has 3 amide bonds. The average Bonchev–Trinajstić information content (AvgIpc) is 3.06. The first-order chi connectivity index (χ1) is 11.4.